The summed E-state index contributed by atoms with van der Waals surface area (Å²) in [7, 11) is 0. The Morgan fingerprint density at radius 1 is 1.13 bits per heavy atom. The number of phenolic OH excluding ortho intramolecular Hbond substituents is 1. The highest BCUT2D eigenvalue weighted by Crippen LogP contribution is 2.40. The molecular formula is C23H22I2N2O2S. The molecule has 1 saturated carbocycles. The summed E-state index contributed by atoms with van der Waals surface area (Å²) in [5.41, 5.74) is 1.77. The monoisotopic (exact) mass is 644 g/mol. The number of para-hydroxylation sites is 1. The van der Waals surface area contributed by atoms with Gasteiger partial charge in [-0.15, -0.1) is 0 Å². The molecule has 2 fully saturated rings. The number of carbonyl (C=O) groups is 1. The Morgan fingerprint density at radius 2 is 1.80 bits per heavy atom. The maximum Gasteiger partial charge on any atom is 0.267 e. The van der Waals surface area contributed by atoms with Crippen LogP contribution in [0, 0.1) is 13.1 Å². The molecule has 4 rings (SSSR count). The summed E-state index contributed by atoms with van der Waals surface area (Å²) in [5, 5.41) is 10.8. The molecule has 7 heteroatoms. The summed E-state index contributed by atoms with van der Waals surface area (Å²) in [6, 6.07) is 13.8. The van der Waals surface area contributed by atoms with Crippen LogP contribution >= 0.6 is 56.9 Å². The molecule has 2 atom stereocenters. The second-order valence-electron chi connectivity index (χ2n) is 7.68. The van der Waals surface area contributed by atoms with Crippen molar-refractivity contribution in [1.29, 1.82) is 0 Å². The quantitative estimate of drug-likeness (QED) is 0.296. The number of thioether (sulfide) groups is 1. The first-order valence-electron chi connectivity index (χ1n) is 9.99. The van der Waals surface area contributed by atoms with Gasteiger partial charge in [-0.05, 0) is 112 Å². The number of phenols is 1. The topological polar surface area (TPSA) is 52.9 Å². The first-order valence-corrected chi connectivity index (χ1v) is 13.0. The molecule has 0 unspecified atom stereocenters. The molecule has 2 aliphatic rings. The minimum absolute atomic E-state index is 0.0338. The summed E-state index contributed by atoms with van der Waals surface area (Å²) < 4.78 is 1.55. The summed E-state index contributed by atoms with van der Waals surface area (Å²) in [6.07, 6.45) is 6.46. The van der Waals surface area contributed by atoms with Crippen LogP contribution in [0.3, 0.4) is 0 Å². The average molecular weight is 644 g/mol. The van der Waals surface area contributed by atoms with E-state index in [1.807, 2.05) is 53.4 Å². The second-order valence-corrected chi connectivity index (χ2v) is 11.0. The number of amides is 1. The van der Waals surface area contributed by atoms with Gasteiger partial charge in [0.1, 0.15) is 5.75 Å². The van der Waals surface area contributed by atoms with Crippen LogP contribution in [0.2, 0.25) is 0 Å². The minimum atomic E-state index is 0.0338. The van der Waals surface area contributed by atoms with E-state index in [-0.39, 0.29) is 17.7 Å². The smallest absolute Gasteiger partial charge is 0.267 e. The predicted molar refractivity (Wildman–Crippen MR) is 141 cm³/mol. The number of benzene rings is 2. The van der Waals surface area contributed by atoms with E-state index >= 15 is 0 Å². The van der Waals surface area contributed by atoms with Crippen LogP contribution in [0.5, 0.6) is 5.75 Å². The fourth-order valence-electron chi connectivity index (χ4n) is 3.97. The van der Waals surface area contributed by atoms with E-state index in [1.165, 1.54) is 18.2 Å². The van der Waals surface area contributed by atoms with Crippen molar-refractivity contribution >= 4 is 79.8 Å². The third-order valence-corrected chi connectivity index (χ3v) is 8.18. The number of halogens is 2. The van der Waals surface area contributed by atoms with Gasteiger partial charge in [-0.2, -0.15) is 0 Å². The Bertz CT molecular complexity index is 1000. The van der Waals surface area contributed by atoms with E-state index in [0.717, 1.165) is 42.8 Å². The van der Waals surface area contributed by atoms with E-state index in [1.54, 1.807) is 0 Å². The van der Waals surface area contributed by atoms with Crippen LogP contribution in [-0.2, 0) is 4.79 Å². The molecule has 156 valence electrons. The van der Waals surface area contributed by atoms with Crippen molar-refractivity contribution < 1.29 is 9.90 Å². The van der Waals surface area contributed by atoms with Crippen molar-refractivity contribution in [2.24, 2.45) is 10.9 Å². The molecule has 2 aromatic rings. The minimum Gasteiger partial charge on any atom is -0.506 e. The van der Waals surface area contributed by atoms with Gasteiger partial charge in [0.15, 0.2) is 5.17 Å². The summed E-state index contributed by atoms with van der Waals surface area (Å²) in [5.74, 6) is 0.776. The zero-order valence-electron chi connectivity index (χ0n) is 16.5. The van der Waals surface area contributed by atoms with Crippen LogP contribution in [-0.4, -0.2) is 27.1 Å². The van der Waals surface area contributed by atoms with Gasteiger partial charge >= 0.3 is 0 Å². The number of amidine groups is 1. The zero-order valence-corrected chi connectivity index (χ0v) is 21.6. The molecule has 30 heavy (non-hydrogen) atoms. The maximum absolute atomic E-state index is 13.5. The van der Waals surface area contributed by atoms with Crippen molar-refractivity contribution in [3.63, 3.8) is 0 Å². The van der Waals surface area contributed by atoms with Crippen LogP contribution in [0.1, 0.15) is 38.2 Å². The third-order valence-electron chi connectivity index (χ3n) is 5.55. The number of aromatic hydroxyl groups is 1. The number of nitrogens with zero attached hydrogens (tertiary/aromatic N) is 2. The molecular weight excluding hydrogens is 622 g/mol. The fourth-order valence-corrected chi connectivity index (χ4v) is 6.83. The number of hydrogen-bond acceptors (Lipinski definition) is 4. The molecule has 2 aromatic carbocycles. The van der Waals surface area contributed by atoms with Gasteiger partial charge in [-0.1, -0.05) is 38.0 Å². The lowest BCUT2D eigenvalue weighted by Crippen LogP contribution is -2.44. The molecule has 1 heterocycles. The molecule has 1 aliphatic carbocycles. The fraction of sp³-hybridized carbons (Fsp3) is 0.304. The van der Waals surface area contributed by atoms with Crippen LogP contribution in [0.25, 0.3) is 6.08 Å². The molecule has 1 N–H and O–H groups in total. The van der Waals surface area contributed by atoms with Crippen LogP contribution < -0.4 is 0 Å². The number of rotatable bonds is 3. The van der Waals surface area contributed by atoms with Gasteiger partial charge in [0.25, 0.3) is 5.91 Å². The Morgan fingerprint density at radius 3 is 2.47 bits per heavy atom. The zero-order chi connectivity index (χ0) is 21.3. The van der Waals surface area contributed by atoms with Gasteiger partial charge in [-0.3, -0.25) is 9.69 Å². The largest absolute Gasteiger partial charge is 0.506 e. The normalized spacial score (nSPS) is 24.8. The highest BCUT2D eigenvalue weighted by Gasteiger charge is 2.41. The molecule has 0 spiro atoms. The van der Waals surface area contributed by atoms with Crippen molar-refractivity contribution in [3.05, 3.63) is 60.1 Å². The van der Waals surface area contributed by atoms with Gasteiger partial charge < -0.3 is 5.11 Å². The molecule has 0 bridgehead atoms. The van der Waals surface area contributed by atoms with E-state index in [9.17, 15) is 9.90 Å². The maximum atomic E-state index is 13.5. The molecule has 1 saturated heterocycles. The average Bonchev–Trinajstić information content (AvgIpc) is 3.02. The summed E-state index contributed by atoms with van der Waals surface area (Å²) in [6.45, 7) is 2.24. The van der Waals surface area contributed by atoms with E-state index in [4.69, 9.17) is 4.99 Å². The summed E-state index contributed by atoms with van der Waals surface area (Å²) >= 11 is 5.69. The Labute approximate surface area is 208 Å². The van der Waals surface area contributed by atoms with Crippen LogP contribution in [0.15, 0.2) is 52.4 Å². The second kappa shape index (κ2) is 9.60. The lowest BCUT2D eigenvalue weighted by Gasteiger charge is -2.35. The molecule has 1 aliphatic heterocycles. The van der Waals surface area contributed by atoms with Crippen molar-refractivity contribution in [3.8, 4) is 5.75 Å². The molecule has 0 aromatic heterocycles. The lowest BCUT2D eigenvalue weighted by molar-refractivity contribution is -0.124. The summed E-state index contributed by atoms with van der Waals surface area (Å²) in [4.78, 5) is 21.0. The van der Waals surface area contributed by atoms with E-state index < -0.39 is 0 Å². The number of aliphatic imine (C=N–C) groups is 1. The van der Waals surface area contributed by atoms with Crippen molar-refractivity contribution in [1.82, 2.24) is 4.90 Å². The SMILES string of the molecule is C[C@H]1CCCC[C@@H]1N1C(=O)/C(=C/c2cc(I)c(O)c(I)c2)SC1=Nc1ccccc1. The van der Waals surface area contributed by atoms with Gasteiger partial charge in [0.05, 0.1) is 17.7 Å². The highest BCUT2D eigenvalue weighted by atomic mass is 127. The first-order chi connectivity index (χ1) is 14.4. The van der Waals surface area contributed by atoms with E-state index in [2.05, 4.69) is 52.1 Å². The molecule has 1 amide bonds. The molecule has 0 radical (unpaired) electrons. The van der Waals surface area contributed by atoms with E-state index in [0.29, 0.717) is 10.8 Å². The Kier molecular flexibility index (Phi) is 7.08. The van der Waals surface area contributed by atoms with Gasteiger partial charge in [0.2, 0.25) is 0 Å². The Hall–Kier alpha value is -1.07. The van der Waals surface area contributed by atoms with Crippen molar-refractivity contribution in [2.75, 3.05) is 0 Å². The van der Waals surface area contributed by atoms with Crippen molar-refractivity contribution in [2.45, 2.75) is 38.6 Å². The number of carbonyl (C=O) groups excluding carboxylic acids is 1. The predicted octanol–water partition coefficient (Wildman–Crippen LogP) is 6.78. The lowest BCUT2D eigenvalue weighted by atomic mass is 9.85. The number of hydrogen-bond donors (Lipinski definition) is 1. The molecule has 4 nitrogen and oxygen atoms in total. The van der Waals surface area contributed by atoms with Gasteiger partial charge in [-0.25, -0.2) is 4.99 Å². The standard InChI is InChI=1S/C23H22I2N2O2S/c1-14-7-5-6-10-19(14)27-22(29)20(13-15-11-17(24)21(28)18(25)12-15)30-23(27)26-16-8-3-2-4-9-16/h2-4,8-9,11-14,19,28H,5-7,10H2,1H3/b20-13-,26-23?/t14-,19-/m0/s1. The highest BCUT2D eigenvalue weighted by molar-refractivity contribution is 14.1. The van der Waals surface area contributed by atoms with Crippen LogP contribution in [0.4, 0.5) is 5.69 Å². The first kappa shape index (κ1) is 22.1. The van der Waals surface area contributed by atoms with Gasteiger partial charge in [0, 0.05) is 6.04 Å². The Balaban J connectivity index is 1.74. The third kappa shape index (κ3) is 4.72.